The third kappa shape index (κ3) is 3.31. The number of Topliss-reactive ketones (excluding diaryl/α,β-unsaturated/α-hetero) is 1. The lowest BCUT2D eigenvalue weighted by Crippen LogP contribution is -2.04. The summed E-state index contributed by atoms with van der Waals surface area (Å²) < 4.78 is 26.0. The van der Waals surface area contributed by atoms with Crippen molar-refractivity contribution in [3.05, 3.63) is 69.2 Å². The molecule has 0 bridgehead atoms. The molecule has 0 N–H and O–H groups in total. The summed E-state index contributed by atoms with van der Waals surface area (Å²) in [5, 5.41) is -0.148. The molecule has 0 saturated heterocycles. The second-order valence-electron chi connectivity index (χ2n) is 3.98. The number of rotatable bonds is 3. The lowest BCUT2D eigenvalue weighted by molar-refractivity contribution is 0.0993. The maximum absolute atomic E-state index is 13.0. The van der Waals surface area contributed by atoms with E-state index in [1.807, 2.05) is 0 Å². The average Bonchev–Trinajstić information content (AvgIpc) is 2.37. The van der Waals surface area contributed by atoms with E-state index in [0.29, 0.717) is 11.1 Å². The molecule has 0 aliphatic rings. The Balaban J connectivity index is 2.20. The van der Waals surface area contributed by atoms with Gasteiger partial charge in [-0.15, -0.1) is 0 Å². The molecule has 0 fully saturated rings. The monoisotopic (exact) mass is 300 g/mol. The van der Waals surface area contributed by atoms with E-state index in [4.69, 9.17) is 23.2 Å². The van der Waals surface area contributed by atoms with Crippen LogP contribution in [0.15, 0.2) is 36.4 Å². The molecule has 0 aromatic heterocycles. The van der Waals surface area contributed by atoms with E-state index in [0.717, 1.165) is 6.07 Å². The first-order valence-electron chi connectivity index (χ1n) is 5.39. The highest BCUT2D eigenvalue weighted by Crippen LogP contribution is 2.20. The highest BCUT2D eigenvalue weighted by Gasteiger charge is 2.11. The SMILES string of the molecule is O=C(Cc1ccc(F)c(Cl)c1)c1ccc(F)c(Cl)c1. The quantitative estimate of drug-likeness (QED) is 0.751. The van der Waals surface area contributed by atoms with Gasteiger partial charge in [0.1, 0.15) is 11.6 Å². The van der Waals surface area contributed by atoms with Crippen LogP contribution in [0.2, 0.25) is 10.0 Å². The Morgan fingerprint density at radius 3 is 2.11 bits per heavy atom. The third-order valence-corrected chi connectivity index (χ3v) is 3.17. The minimum Gasteiger partial charge on any atom is -0.294 e. The fourth-order valence-electron chi connectivity index (χ4n) is 1.61. The highest BCUT2D eigenvalue weighted by molar-refractivity contribution is 6.31. The lowest BCUT2D eigenvalue weighted by atomic mass is 10.0. The van der Waals surface area contributed by atoms with Gasteiger partial charge < -0.3 is 0 Å². The Morgan fingerprint density at radius 1 is 0.947 bits per heavy atom. The van der Waals surface area contributed by atoms with E-state index in [1.54, 1.807) is 0 Å². The molecule has 0 unspecified atom stereocenters. The van der Waals surface area contributed by atoms with Gasteiger partial charge in [0.05, 0.1) is 10.0 Å². The fourth-order valence-corrected chi connectivity index (χ4v) is 1.99. The topological polar surface area (TPSA) is 17.1 Å². The zero-order valence-electron chi connectivity index (χ0n) is 9.59. The highest BCUT2D eigenvalue weighted by atomic mass is 35.5. The van der Waals surface area contributed by atoms with Crippen LogP contribution in [0.4, 0.5) is 8.78 Å². The number of halogens is 4. The van der Waals surface area contributed by atoms with E-state index in [1.165, 1.54) is 30.3 Å². The van der Waals surface area contributed by atoms with Crippen molar-refractivity contribution in [1.29, 1.82) is 0 Å². The summed E-state index contributed by atoms with van der Waals surface area (Å²) in [5.74, 6) is -1.37. The number of hydrogen-bond donors (Lipinski definition) is 0. The minimum atomic E-state index is -0.581. The van der Waals surface area contributed by atoms with Gasteiger partial charge in [0.25, 0.3) is 0 Å². The van der Waals surface area contributed by atoms with Crippen molar-refractivity contribution in [1.82, 2.24) is 0 Å². The van der Waals surface area contributed by atoms with Crippen LogP contribution in [0.3, 0.4) is 0 Å². The van der Waals surface area contributed by atoms with Crippen LogP contribution in [-0.4, -0.2) is 5.78 Å². The van der Waals surface area contributed by atoms with Gasteiger partial charge in [0, 0.05) is 12.0 Å². The molecule has 19 heavy (non-hydrogen) atoms. The van der Waals surface area contributed by atoms with Gasteiger partial charge in [-0.1, -0.05) is 29.3 Å². The van der Waals surface area contributed by atoms with Crippen LogP contribution in [-0.2, 0) is 6.42 Å². The summed E-state index contributed by atoms with van der Waals surface area (Å²) in [6.07, 6.45) is 0.0436. The molecule has 0 amide bonds. The maximum atomic E-state index is 13.0. The second kappa shape index (κ2) is 5.68. The predicted molar refractivity (Wildman–Crippen MR) is 70.9 cm³/mol. The number of carbonyl (C=O) groups excluding carboxylic acids is 1. The van der Waals surface area contributed by atoms with Crippen molar-refractivity contribution in [2.45, 2.75) is 6.42 Å². The van der Waals surface area contributed by atoms with E-state index >= 15 is 0 Å². The molecule has 2 aromatic carbocycles. The summed E-state index contributed by atoms with van der Waals surface area (Å²) in [7, 11) is 0. The van der Waals surface area contributed by atoms with Crippen LogP contribution < -0.4 is 0 Å². The first-order valence-corrected chi connectivity index (χ1v) is 6.15. The first-order chi connectivity index (χ1) is 8.97. The maximum Gasteiger partial charge on any atom is 0.167 e. The van der Waals surface area contributed by atoms with Gasteiger partial charge in [0.15, 0.2) is 5.78 Å². The van der Waals surface area contributed by atoms with Crippen molar-refractivity contribution in [3.63, 3.8) is 0 Å². The zero-order chi connectivity index (χ0) is 14.0. The Hall–Kier alpha value is -1.45. The van der Waals surface area contributed by atoms with Gasteiger partial charge >= 0.3 is 0 Å². The molecule has 1 nitrogen and oxygen atoms in total. The predicted octanol–water partition coefficient (Wildman–Crippen LogP) is 4.70. The minimum absolute atomic E-state index is 0.0394. The van der Waals surface area contributed by atoms with Crippen LogP contribution in [0.5, 0.6) is 0 Å². The van der Waals surface area contributed by atoms with E-state index in [2.05, 4.69) is 0 Å². The molecule has 2 rings (SSSR count). The fraction of sp³-hybridized carbons (Fsp3) is 0.0714. The van der Waals surface area contributed by atoms with Crippen LogP contribution in [0, 0.1) is 11.6 Å². The molecule has 0 atom stereocenters. The summed E-state index contributed by atoms with van der Waals surface area (Å²) in [4.78, 5) is 12.0. The average molecular weight is 301 g/mol. The lowest BCUT2D eigenvalue weighted by Gasteiger charge is -2.04. The summed E-state index contributed by atoms with van der Waals surface area (Å²) >= 11 is 11.2. The van der Waals surface area contributed by atoms with E-state index in [9.17, 15) is 13.6 Å². The van der Waals surface area contributed by atoms with Crippen molar-refractivity contribution in [3.8, 4) is 0 Å². The molecule has 0 radical (unpaired) electrons. The Kier molecular flexibility index (Phi) is 4.17. The number of carbonyl (C=O) groups is 1. The van der Waals surface area contributed by atoms with Gasteiger partial charge in [-0.25, -0.2) is 8.78 Å². The Bertz CT molecular complexity index is 641. The molecular weight excluding hydrogens is 293 g/mol. The molecule has 0 aliphatic carbocycles. The van der Waals surface area contributed by atoms with Crippen molar-refractivity contribution >= 4 is 29.0 Å². The summed E-state index contributed by atoms with van der Waals surface area (Å²) in [6.45, 7) is 0. The summed E-state index contributed by atoms with van der Waals surface area (Å²) in [5.41, 5.74) is 0.878. The molecule has 0 heterocycles. The van der Waals surface area contributed by atoms with Crippen molar-refractivity contribution in [2.75, 3.05) is 0 Å². The van der Waals surface area contributed by atoms with Gasteiger partial charge in [-0.3, -0.25) is 4.79 Å². The number of benzene rings is 2. The normalized spacial score (nSPS) is 10.5. The first kappa shape index (κ1) is 14.0. The van der Waals surface area contributed by atoms with Gasteiger partial charge in [0.2, 0.25) is 0 Å². The zero-order valence-corrected chi connectivity index (χ0v) is 11.1. The molecule has 5 heteroatoms. The molecule has 0 saturated carbocycles. The third-order valence-electron chi connectivity index (χ3n) is 2.59. The van der Waals surface area contributed by atoms with E-state index in [-0.39, 0.29) is 22.2 Å². The van der Waals surface area contributed by atoms with Crippen molar-refractivity contribution < 1.29 is 13.6 Å². The van der Waals surface area contributed by atoms with Crippen LogP contribution >= 0.6 is 23.2 Å². The molecule has 2 aromatic rings. The van der Waals surface area contributed by atoms with Crippen LogP contribution in [0.1, 0.15) is 15.9 Å². The number of ketones is 1. The summed E-state index contributed by atoms with van der Waals surface area (Å²) in [6, 6.07) is 7.82. The molecule has 0 spiro atoms. The number of hydrogen-bond acceptors (Lipinski definition) is 1. The standard InChI is InChI=1S/C14H8Cl2F2O/c15-10-5-8(1-3-12(10)17)6-14(19)9-2-4-13(18)11(16)7-9/h1-5,7H,6H2. The Morgan fingerprint density at radius 2 is 1.53 bits per heavy atom. The molecule has 98 valence electrons. The smallest absolute Gasteiger partial charge is 0.167 e. The van der Waals surface area contributed by atoms with Crippen molar-refractivity contribution in [2.24, 2.45) is 0 Å². The van der Waals surface area contributed by atoms with E-state index < -0.39 is 11.6 Å². The van der Waals surface area contributed by atoms with Gasteiger partial charge in [-0.05, 0) is 35.9 Å². The van der Waals surface area contributed by atoms with Crippen LogP contribution in [0.25, 0.3) is 0 Å². The largest absolute Gasteiger partial charge is 0.294 e. The van der Waals surface area contributed by atoms with Gasteiger partial charge in [-0.2, -0.15) is 0 Å². The molecule has 0 aliphatic heterocycles. The Labute approximate surface area is 118 Å². The molecular formula is C14H8Cl2F2O. The second-order valence-corrected chi connectivity index (χ2v) is 4.79.